The van der Waals surface area contributed by atoms with Gasteiger partial charge in [-0.3, -0.25) is 0 Å². The van der Waals surface area contributed by atoms with Gasteiger partial charge in [0.2, 0.25) is 0 Å². The summed E-state index contributed by atoms with van der Waals surface area (Å²) in [6.07, 6.45) is 7.55. The second-order valence-corrected chi connectivity index (χ2v) is 5.45. The Morgan fingerprint density at radius 2 is 2.05 bits per heavy atom. The highest BCUT2D eigenvalue weighted by Gasteiger charge is 2.19. The molecule has 1 heterocycles. The molecule has 4 heteroatoms. The number of nitrogens with zero attached hydrogens (tertiary/aromatic N) is 2. The summed E-state index contributed by atoms with van der Waals surface area (Å²) in [5.41, 5.74) is 2.63. The van der Waals surface area contributed by atoms with Crippen LogP contribution in [-0.4, -0.2) is 10.5 Å². The standard InChI is InChI=1S/C16H20N2O2/c1-11-8-13(9-14(10-17)16(19)20)12(2)18(11)15-6-4-3-5-7-15/h8-9,15H,3-7H2,1-2H3,(H,19,20)/p-1/b14-9+. The third-order valence-electron chi connectivity index (χ3n) is 4.10. The van der Waals surface area contributed by atoms with E-state index in [1.54, 1.807) is 6.07 Å². The quantitative estimate of drug-likeness (QED) is 0.625. The van der Waals surface area contributed by atoms with Crippen molar-refractivity contribution in [1.82, 2.24) is 4.57 Å². The zero-order valence-corrected chi connectivity index (χ0v) is 12.0. The summed E-state index contributed by atoms with van der Waals surface area (Å²) in [6, 6.07) is 4.12. The molecule has 0 radical (unpaired) electrons. The van der Waals surface area contributed by atoms with E-state index in [0.29, 0.717) is 6.04 Å². The van der Waals surface area contributed by atoms with Gasteiger partial charge in [-0.05, 0) is 44.4 Å². The molecular weight excluding hydrogens is 252 g/mol. The summed E-state index contributed by atoms with van der Waals surface area (Å²) >= 11 is 0. The van der Waals surface area contributed by atoms with E-state index in [2.05, 4.69) is 4.57 Å². The van der Waals surface area contributed by atoms with Crippen LogP contribution in [0.2, 0.25) is 0 Å². The lowest BCUT2D eigenvalue weighted by molar-refractivity contribution is -0.298. The zero-order chi connectivity index (χ0) is 14.7. The number of aryl methyl sites for hydroxylation is 1. The molecule has 0 N–H and O–H groups in total. The molecule has 1 aromatic heterocycles. The maximum atomic E-state index is 10.8. The Labute approximate surface area is 119 Å². The number of nitriles is 1. The molecule has 0 aliphatic heterocycles. The molecule has 0 bridgehead atoms. The largest absolute Gasteiger partial charge is 0.544 e. The van der Waals surface area contributed by atoms with Crippen molar-refractivity contribution in [3.63, 3.8) is 0 Å². The van der Waals surface area contributed by atoms with Gasteiger partial charge in [0.1, 0.15) is 6.07 Å². The average Bonchev–Trinajstić information content (AvgIpc) is 2.71. The topological polar surface area (TPSA) is 68.8 Å². The van der Waals surface area contributed by atoms with E-state index in [0.717, 1.165) is 17.0 Å². The minimum absolute atomic E-state index is 0.325. The molecule has 4 nitrogen and oxygen atoms in total. The molecule has 1 aliphatic rings. The number of aromatic nitrogens is 1. The predicted octanol–water partition coefficient (Wildman–Crippen LogP) is 2.27. The Bertz CT molecular complexity index is 584. The van der Waals surface area contributed by atoms with Gasteiger partial charge in [0, 0.05) is 17.4 Å². The van der Waals surface area contributed by atoms with Gasteiger partial charge < -0.3 is 14.5 Å². The van der Waals surface area contributed by atoms with Crippen molar-refractivity contribution >= 4 is 12.0 Å². The maximum absolute atomic E-state index is 10.8. The molecule has 1 saturated carbocycles. The van der Waals surface area contributed by atoms with Gasteiger partial charge in [0.05, 0.1) is 11.5 Å². The van der Waals surface area contributed by atoms with Crippen molar-refractivity contribution in [3.8, 4) is 6.07 Å². The van der Waals surface area contributed by atoms with Gasteiger partial charge in [-0.25, -0.2) is 0 Å². The van der Waals surface area contributed by atoms with Gasteiger partial charge >= 0.3 is 0 Å². The third-order valence-corrected chi connectivity index (χ3v) is 4.10. The highest BCUT2D eigenvalue weighted by atomic mass is 16.4. The molecule has 1 aliphatic carbocycles. The summed E-state index contributed by atoms with van der Waals surface area (Å²) in [5.74, 6) is -1.42. The molecule has 20 heavy (non-hydrogen) atoms. The molecule has 1 aromatic rings. The van der Waals surface area contributed by atoms with E-state index in [9.17, 15) is 9.90 Å². The highest BCUT2D eigenvalue weighted by molar-refractivity contribution is 5.95. The van der Waals surface area contributed by atoms with Crippen LogP contribution in [-0.2, 0) is 4.79 Å². The third kappa shape index (κ3) is 2.77. The van der Waals surface area contributed by atoms with Crippen molar-refractivity contribution in [2.75, 3.05) is 0 Å². The van der Waals surface area contributed by atoms with Crippen molar-refractivity contribution in [3.05, 3.63) is 28.6 Å². The number of rotatable bonds is 3. The first-order valence-corrected chi connectivity index (χ1v) is 7.06. The van der Waals surface area contributed by atoms with Crippen molar-refractivity contribution < 1.29 is 9.90 Å². The molecule has 1 fully saturated rings. The summed E-state index contributed by atoms with van der Waals surface area (Å²) in [7, 11) is 0. The predicted molar refractivity (Wildman–Crippen MR) is 74.6 cm³/mol. The van der Waals surface area contributed by atoms with E-state index >= 15 is 0 Å². The molecule has 0 aromatic carbocycles. The monoisotopic (exact) mass is 271 g/mol. The lowest BCUT2D eigenvalue weighted by Crippen LogP contribution is -2.23. The van der Waals surface area contributed by atoms with Crippen LogP contribution >= 0.6 is 0 Å². The molecular formula is C16H19N2O2-. The Morgan fingerprint density at radius 1 is 1.40 bits per heavy atom. The number of hydrogen-bond acceptors (Lipinski definition) is 3. The average molecular weight is 271 g/mol. The van der Waals surface area contributed by atoms with E-state index in [1.165, 1.54) is 38.2 Å². The van der Waals surface area contributed by atoms with Crippen LogP contribution in [0.25, 0.3) is 6.08 Å². The number of carboxylic acid groups (broad SMARTS) is 1. The highest BCUT2D eigenvalue weighted by Crippen LogP contribution is 2.32. The molecule has 0 amide bonds. The van der Waals surface area contributed by atoms with E-state index in [-0.39, 0.29) is 5.57 Å². The van der Waals surface area contributed by atoms with E-state index in [4.69, 9.17) is 5.26 Å². The number of hydrogen-bond donors (Lipinski definition) is 0. The smallest absolute Gasteiger partial charge is 0.101 e. The fourth-order valence-corrected chi connectivity index (χ4v) is 3.14. The molecule has 106 valence electrons. The van der Waals surface area contributed by atoms with Crippen LogP contribution in [0.15, 0.2) is 11.6 Å². The van der Waals surface area contributed by atoms with Gasteiger partial charge in [-0.1, -0.05) is 19.3 Å². The fourth-order valence-electron chi connectivity index (χ4n) is 3.14. The lowest BCUT2D eigenvalue weighted by Gasteiger charge is -2.26. The Kier molecular flexibility index (Phi) is 4.29. The van der Waals surface area contributed by atoms with Crippen molar-refractivity contribution in [1.29, 1.82) is 5.26 Å². The molecule has 0 unspecified atom stereocenters. The second kappa shape index (κ2) is 5.96. The molecule has 2 rings (SSSR count). The van der Waals surface area contributed by atoms with Gasteiger partial charge in [0.15, 0.2) is 0 Å². The summed E-state index contributed by atoms with van der Waals surface area (Å²) in [4.78, 5) is 10.8. The molecule has 0 spiro atoms. The maximum Gasteiger partial charge on any atom is 0.101 e. The Morgan fingerprint density at radius 3 is 2.60 bits per heavy atom. The number of carbonyl (C=O) groups excluding carboxylic acids is 1. The van der Waals surface area contributed by atoms with Crippen molar-refractivity contribution in [2.45, 2.75) is 52.0 Å². The molecule has 0 atom stereocenters. The minimum atomic E-state index is -1.42. The van der Waals surface area contributed by atoms with Gasteiger partial charge in [0.25, 0.3) is 0 Å². The number of aliphatic carboxylic acids is 1. The van der Waals surface area contributed by atoms with Crippen molar-refractivity contribution in [2.24, 2.45) is 0 Å². The fraction of sp³-hybridized carbons (Fsp3) is 0.500. The lowest BCUT2D eigenvalue weighted by atomic mass is 9.95. The van der Waals surface area contributed by atoms with Gasteiger partial charge in [-0.2, -0.15) is 5.26 Å². The number of carbonyl (C=O) groups is 1. The summed E-state index contributed by atoms with van der Waals surface area (Å²) in [6.45, 7) is 4.02. The van der Waals surface area contributed by atoms with E-state index in [1.807, 2.05) is 19.9 Å². The van der Waals surface area contributed by atoms with Crippen LogP contribution < -0.4 is 5.11 Å². The van der Waals surface area contributed by atoms with Gasteiger partial charge in [-0.15, -0.1) is 0 Å². The van der Waals surface area contributed by atoms with Crippen LogP contribution in [0.4, 0.5) is 0 Å². The molecule has 0 saturated heterocycles. The normalized spacial score (nSPS) is 16.9. The Hall–Kier alpha value is -2.02. The zero-order valence-electron chi connectivity index (χ0n) is 12.0. The summed E-state index contributed by atoms with van der Waals surface area (Å²) in [5, 5.41) is 19.7. The second-order valence-electron chi connectivity index (χ2n) is 5.45. The Balaban J connectivity index is 2.38. The van der Waals surface area contributed by atoms with Crippen LogP contribution in [0.1, 0.15) is 55.1 Å². The van der Waals surface area contributed by atoms with Crippen LogP contribution in [0, 0.1) is 25.2 Å². The first-order chi connectivity index (χ1) is 9.54. The van der Waals surface area contributed by atoms with Crippen LogP contribution in [0.5, 0.6) is 0 Å². The van der Waals surface area contributed by atoms with E-state index < -0.39 is 5.97 Å². The minimum Gasteiger partial charge on any atom is -0.544 e. The first-order valence-electron chi connectivity index (χ1n) is 7.06. The summed E-state index contributed by atoms with van der Waals surface area (Å²) < 4.78 is 2.29. The SMILES string of the molecule is Cc1cc(/C=C(\C#N)C(=O)[O-])c(C)n1C1CCCCC1. The first kappa shape index (κ1) is 14.4. The van der Waals surface area contributed by atoms with Crippen LogP contribution in [0.3, 0.4) is 0 Å². The number of carboxylic acids is 1.